The Morgan fingerprint density at radius 3 is 2.73 bits per heavy atom. The predicted molar refractivity (Wildman–Crippen MR) is 93.5 cm³/mol. The molecule has 5 heteroatoms. The van der Waals surface area contributed by atoms with E-state index in [1.54, 1.807) is 17.4 Å². The van der Waals surface area contributed by atoms with E-state index in [2.05, 4.69) is 10.3 Å². The van der Waals surface area contributed by atoms with Crippen LogP contribution in [0.15, 0.2) is 42.5 Å². The molecule has 22 heavy (non-hydrogen) atoms. The Hall–Kier alpha value is -1.91. The fourth-order valence-electron chi connectivity index (χ4n) is 2.03. The van der Waals surface area contributed by atoms with E-state index in [1.165, 1.54) is 0 Å². The second-order valence-electron chi connectivity index (χ2n) is 5.33. The summed E-state index contributed by atoms with van der Waals surface area (Å²) >= 11 is 7.80. The second-order valence-corrected chi connectivity index (χ2v) is 6.76. The minimum atomic E-state index is -0.0952. The Bertz CT molecular complexity index is 809. The van der Waals surface area contributed by atoms with E-state index in [1.807, 2.05) is 50.2 Å². The van der Waals surface area contributed by atoms with Crippen LogP contribution in [0.4, 0.5) is 5.69 Å². The number of hydrogen-bond acceptors (Lipinski definition) is 3. The van der Waals surface area contributed by atoms with Gasteiger partial charge in [-0.05, 0) is 24.3 Å². The van der Waals surface area contributed by atoms with Gasteiger partial charge in [-0.1, -0.05) is 43.6 Å². The van der Waals surface area contributed by atoms with Crippen LogP contribution in [0.25, 0.3) is 20.8 Å². The zero-order valence-corrected chi connectivity index (χ0v) is 13.8. The molecule has 3 nitrogen and oxygen atoms in total. The number of rotatable bonds is 3. The summed E-state index contributed by atoms with van der Waals surface area (Å²) in [5.74, 6) is -0.148. The summed E-state index contributed by atoms with van der Waals surface area (Å²) in [5, 5.41) is 4.30. The van der Waals surface area contributed by atoms with E-state index >= 15 is 0 Å². The van der Waals surface area contributed by atoms with E-state index < -0.39 is 0 Å². The summed E-state index contributed by atoms with van der Waals surface area (Å²) in [6.45, 7) is 3.70. The van der Waals surface area contributed by atoms with Crippen LogP contribution in [0.1, 0.15) is 13.8 Å². The van der Waals surface area contributed by atoms with Gasteiger partial charge in [0.05, 0.1) is 20.9 Å². The number of halogens is 1. The van der Waals surface area contributed by atoms with Crippen LogP contribution in [0.3, 0.4) is 0 Å². The SMILES string of the molecule is CC(C)C(=O)Nc1cc(-c2nc3ccccc3s2)ccc1Cl. The molecule has 2 aromatic carbocycles. The number of nitrogens with zero attached hydrogens (tertiary/aromatic N) is 1. The molecule has 0 aliphatic rings. The molecule has 0 aliphatic carbocycles. The maximum atomic E-state index is 11.9. The summed E-state index contributed by atoms with van der Waals surface area (Å²) in [6, 6.07) is 13.6. The Kier molecular flexibility index (Phi) is 4.14. The molecule has 0 unspecified atom stereocenters. The minimum absolute atomic E-state index is 0.0525. The quantitative estimate of drug-likeness (QED) is 0.716. The molecular weight excluding hydrogens is 316 g/mol. The Morgan fingerprint density at radius 2 is 2.00 bits per heavy atom. The molecule has 3 aromatic rings. The van der Waals surface area contributed by atoms with Crippen molar-refractivity contribution >= 4 is 44.7 Å². The van der Waals surface area contributed by atoms with Gasteiger partial charge in [0.15, 0.2) is 0 Å². The fraction of sp³-hybridized carbons (Fsp3) is 0.176. The second kappa shape index (κ2) is 6.07. The average Bonchev–Trinajstić information content (AvgIpc) is 2.93. The van der Waals surface area contributed by atoms with Gasteiger partial charge in [-0.25, -0.2) is 4.98 Å². The molecule has 0 radical (unpaired) electrons. The Morgan fingerprint density at radius 1 is 1.23 bits per heavy atom. The Balaban J connectivity index is 1.99. The van der Waals surface area contributed by atoms with E-state index in [9.17, 15) is 4.79 Å². The summed E-state index contributed by atoms with van der Waals surface area (Å²) in [5.41, 5.74) is 2.55. The first kappa shape index (κ1) is 15.0. The molecule has 1 heterocycles. The summed E-state index contributed by atoms with van der Waals surface area (Å²) in [4.78, 5) is 16.5. The molecular formula is C17H15ClN2OS. The van der Waals surface area contributed by atoms with E-state index in [4.69, 9.17) is 11.6 Å². The molecule has 0 atom stereocenters. The number of amides is 1. The van der Waals surface area contributed by atoms with Gasteiger partial charge >= 0.3 is 0 Å². The number of thiazole rings is 1. The summed E-state index contributed by atoms with van der Waals surface area (Å²) in [6.07, 6.45) is 0. The number of anilines is 1. The highest BCUT2D eigenvalue weighted by molar-refractivity contribution is 7.21. The molecule has 0 spiro atoms. The van der Waals surface area contributed by atoms with Crippen LogP contribution in [-0.2, 0) is 4.79 Å². The van der Waals surface area contributed by atoms with Gasteiger partial charge in [-0.3, -0.25) is 4.79 Å². The van der Waals surface area contributed by atoms with Crippen molar-refractivity contribution in [3.05, 3.63) is 47.5 Å². The number of para-hydroxylation sites is 1. The number of carbonyl (C=O) groups is 1. The number of nitrogens with one attached hydrogen (secondary N) is 1. The molecule has 0 saturated carbocycles. The summed E-state index contributed by atoms with van der Waals surface area (Å²) in [7, 11) is 0. The third-order valence-electron chi connectivity index (χ3n) is 3.29. The molecule has 1 amide bonds. The lowest BCUT2D eigenvalue weighted by Crippen LogP contribution is -2.17. The smallest absolute Gasteiger partial charge is 0.226 e. The molecule has 112 valence electrons. The summed E-state index contributed by atoms with van der Waals surface area (Å²) < 4.78 is 1.14. The average molecular weight is 331 g/mol. The molecule has 3 rings (SSSR count). The van der Waals surface area contributed by atoms with Crippen LogP contribution >= 0.6 is 22.9 Å². The van der Waals surface area contributed by atoms with Gasteiger partial charge in [-0.2, -0.15) is 0 Å². The van der Waals surface area contributed by atoms with Crippen LogP contribution in [0, 0.1) is 5.92 Å². The van der Waals surface area contributed by atoms with Crippen molar-refractivity contribution in [3.63, 3.8) is 0 Å². The van der Waals surface area contributed by atoms with Gasteiger partial charge in [0, 0.05) is 11.5 Å². The van der Waals surface area contributed by atoms with Crippen LogP contribution in [0.5, 0.6) is 0 Å². The number of carbonyl (C=O) groups excluding carboxylic acids is 1. The third kappa shape index (κ3) is 2.98. The lowest BCUT2D eigenvalue weighted by molar-refractivity contribution is -0.118. The number of fused-ring (bicyclic) bond motifs is 1. The normalized spacial score (nSPS) is 11.1. The van der Waals surface area contributed by atoms with E-state index in [0.717, 1.165) is 20.8 Å². The van der Waals surface area contributed by atoms with Crippen molar-refractivity contribution in [2.75, 3.05) is 5.32 Å². The van der Waals surface area contributed by atoms with Crippen molar-refractivity contribution in [3.8, 4) is 10.6 Å². The van der Waals surface area contributed by atoms with Crippen LogP contribution in [0.2, 0.25) is 5.02 Å². The highest BCUT2D eigenvalue weighted by atomic mass is 35.5. The van der Waals surface area contributed by atoms with Crippen molar-refractivity contribution < 1.29 is 4.79 Å². The molecule has 0 bridgehead atoms. The molecule has 1 N–H and O–H groups in total. The standard InChI is InChI=1S/C17H15ClN2OS/c1-10(2)16(21)19-14-9-11(7-8-12(14)18)17-20-13-5-3-4-6-15(13)22-17/h3-10H,1-2H3,(H,19,21). The number of benzene rings is 2. The molecule has 0 fully saturated rings. The first-order valence-corrected chi connectivity index (χ1v) is 8.20. The maximum absolute atomic E-state index is 11.9. The highest BCUT2D eigenvalue weighted by Crippen LogP contribution is 2.33. The number of aromatic nitrogens is 1. The minimum Gasteiger partial charge on any atom is -0.325 e. The topological polar surface area (TPSA) is 42.0 Å². The van der Waals surface area contributed by atoms with Crippen molar-refractivity contribution in [2.24, 2.45) is 5.92 Å². The first-order chi connectivity index (χ1) is 10.5. The third-order valence-corrected chi connectivity index (χ3v) is 4.70. The Labute approximate surface area is 138 Å². The van der Waals surface area contributed by atoms with Gasteiger partial charge in [0.1, 0.15) is 5.01 Å². The van der Waals surface area contributed by atoms with E-state index in [-0.39, 0.29) is 11.8 Å². The first-order valence-electron chi connectivity index (χ1n) is 7.01. The molecule has 0 saturated heterocycles. The monoisotopic (exact) mass is 330 g/mol. The fourth-order valence-corrected chi connectivity index (χ4v) is 3.15. The lowest BCUT2D eigenvalue weighted by atomic mass is 10.1. The van der Waals surface area contributed by atoms with Gasteiger partial charge in [0.25, 0.3) is 0 Å². The van der Waals surface area contributed by atoms with Crippen molar-refractivity contribution in [1.29, 1.82) is 0 Å². The van der Waals surface area contributed by atoms with Crippen molar-refractivity contribution in [1.82, 2.24) is 4.98 Å². The van der Waals surface area contributed by atoms with E-state index in [0.29, 0.717) is 10.7 Å². The van der Waals surface area contributed by atoms with Crippen LogP contribution in [-0.4, -0.2) is 10.9 Å². The predicted octanol–water partition coefficient (Wildman–Crippen LogP) is 5.21. The highest BCUT2D eigenvalue weighted by Gasteiger charge is 2.12. The van der Waals surface area contributed by atoms with Gasteiger partial charge < -0.3 is 5.32 Å². The van der Waals surface area contributed by atoms with Crippen LogP contribution < -0.4 is 5.32 Å². The largest absolute Gasteiger partial charge is 0.325 e. The zero-order chi connectivity index (χ0) is 15.7. The van der Waals surface area contributed by atoms with Gasteiger partial charge in [0.2, 0.25) is 5.91 Å². The van der Waals surface area contributed by atoms with Gasteiger partial charge in [-0.15, -0.1) is 11.3 Å². The maximum Gasteiger partial charge on any atom is 0.226 e. The number of hydrogen-bond donors (Lipinski definition) is 1. The lowest BCUT2D eigenvalue weighted by Gasteiger charge is -2.10. The van der Waals surface area contributed by atoms with Crippen molar-refractivity contribution in [2.45, 2.75) is 13.8 Å². The zero-order valence-electron chi connectivity index (χ0n) is 12.3. The molecule has 1 aromatic heterocycles. The molecule has 0 aliphatic heterocycles.